The molecule has 0 aliphatic heterocycles. The fourth-order valence-corrected chi connectivity index (χ4v) is 3.57. The summed E-state index contributed by atoms with van der Waals surface area (Å²) in [6, 6.07) is 7.48. The predicted octanol–water partition coefficient (Wildman–Crippen LogP) is 2.63. The van der Waals surface area contributed by atoms with Crippen LogP contribution in [0.4, 0.5) is 13.2 Å². The lowest BCUT2D eigenvalue weighted by Gasteiger charge is -2.10. The third-order valence-electron chi connectivity index (χ3n) is 3.05. The summed E-state index contributed by atoms with van der Waals surface area (Å²) in [4.78, 5) is 12.4. The molecule has 2 rings (SSSR count). The van der Waals surface area contributed by atoms with Crippen LogP contribution in [0, 0.1) is 0 Å². The van der Waals surface area contributed by atoms with Gasteiger partial charge >= 0.3 is 6.36 Å². The van der Waals surface area contributed by atoms with Gasteiger partial charge in [-0.1, -0.05) is 6.07 Å². The van der Waals surface area contributed by atoms with Crippen LogP contribution in [-0.2, 0) is 21.4 Å². The molecular weight excluding hydrogens is 393 g/mol. The van der Waals surface area contributed by atoms with Gasteiger partial charge in [0.25, 0.3) is 0 Å². The Morgan fingerprint density at radius 1 is 1.15 bits per heavy atom. The second kappa shape index (κ2) is 8.52. The van der Waals surface area contributed by atoms with Crippen LogP contribution >= 0.6 is 11.3 Å². The van der Waals surface area contributed by atoms with Crippen LogP contribution in [0.25, 0.3) is 0 Å². The van der Waals surface area contributed by atoms with Crippen LogP contribution < -0.4 is 14.8 Å². The van der Waals surface area contributed by atoms with E-state index in [9.17, 15) is 26.4 Å². The van der Waals surface area contributed by atoms with Gasteiger partial charge in [-0.3, -0.25) is 4.79 Å². The molecule has 142 valence electrons. The number of hydrogen-bond donors (Lipinski definition) is 2. The molecule has 0 fully saturated rings. The standard InChI is InChI=1S/C15H15F3N2O4S2/c16-15(17,18)24-11-3-5-13(6-4-11)26(22,23)20-8-7-14(21)19-10-12-2-1-9-25-12/h1-6,9,20H,7-8,10H2,(H,19,21). The number of nitrogens with one attached hydrogen (secondary N) is 2. The molecular formula is C15H15F3N2O4S2. The van der Waals surface area contributed by atoms with Crippen LogP contribution in [0.2, 0.25) is 0 Å². The van der Waals surface area contributed by atoms with E-state index >= 15 is 0 Å². The summed E-state index contributed by atoms with van der Waals surface area (Å²) in [5, 5.41) is 4.53. The molecule has 0 unspecified atom stereocenters. The van der Waals surface area contributed by atoms with Crippen LogP contribution in [-0.4, -0.2) is 27.2 Å². The predicted molar refractivity (Wildman–Crippen MR) is 89.1 cm³/mol. The Bertz CT molecular complexity index is 820. The fraction of sp³-hybridized carbons (Fsp3) is 0.267. The zero-order chi connectivity index (χ0) is 19.2. The molecule has 0 bridgehead atoms. The van der Waals surface area contributed by atoms with Crippen LogP contribution in [0.3, 0.4) is 0 Å². The number of hydrogen-bond acceptors (Lipinski definition) is 5. The van der Waals surface area contributed by atoms with Crippen molar-refractivity contribution in [3.8, 4) is 5.75 Å². The summed E-state index contributed by atoms with van der Waals surface area (Å²) in [5.74, 6) is -0.848. The molecule has 0 aliphatic rings. The first-order valence-corrected chi connectivity index (χ1v) is 9.66. The Hall–Kier alpha value is -2.11. The van der Waals surface area contributed by atoms with Crippen molar-refractivity contribution in [1.82, 2.24) is 10.0 Å². The molecule has 0 spiro atoms. The number of sulfonamides is 1. The first-order chi connectivity index (χ1) is 12.2. The van der Waals surface area contributed by atoms with Crippen LogP contribution in [0.1, 0.15) is 11.3 Å². The zero-order valence-corrected chi connectivity index (χ0v) is 14.9. The number of amides is 1. The van der Waals surface area contributed by atoms with Gasteiger partial charge in [-0.05, 0) is 35.7 Å². The third-order valence-corrected chi connectivity index (χ3v) is 5.40. The largest absolute Gasteiger partial charge is 0.573 e. The number of benzene rings is 1. The summed E-state index contributed by atoms with van der Waals surface area (Å²) in [7, 11) is -3.94. The van der Waals surface area contributed by atoms with Crippen molar-refractivity contribution in [3.05, 3.63) is 46.7 Å². The number of ether oxygens (including phenoxy) is 1. The van der Waals surface area contributed by atoms with Crippen molar-refractivity contribution in [2.24, 2.45) is 0 Å². The molecule has 1 aromatic carbocycles. The normalized spacial score (nSPS) is 12.0. The number of rotatable bonds is 8. The molecule has 2 N–H and O–H groups in total. The minimum absolute atomic E-state index is 0.0696. The van der Waals surface area contributed by atoms with Gasteiger partial charge in [0.1, 0.15) is 5.75 Å². The highest BCUT2D eigenvalue weighted by Gasteiger charge is 2.31. The summed E-state index contributed by atoms with van der Waals surface area (Å²) in [5.41, 5.74) is 0. The molecule has 0 aliphatic carbocycles. The quantitative estimate of drug-likeness (QED) is 0.703. The van der Waals surface area contributed by atoms with Crippen LogP contribution in [0.15, 0.2) is 46.7 Å². The van der Waals surface area contributed by atoms with E-state index in [0.29, 0.717) is 6.54 Å². The lowest BCUT2D eigenvalue weighted by atomic mass is 10.3. The van der Waals surface area contributed by atoms with Crippen molar-refractivity contribution < 1.29 is 31.1 Å². The average Bonchev–Trinajstić information content (AvgIpc) is 3.05. The van der Waals surface area contributed by atoms with Crippen molar-refractivity contribution in [2.45, 2.75) is 24.2 Å². The molecule has 6 nitrogen and oxygen atoms in total. The molecule has 0 radical (unpaired) electrons. The van der Waals surface area contributed by atoms with E-state index in [1.54, 1.807) is 0 Å². The van der Waals surface area contributed by atoms with Gasteiger partial charge < -0.3 is 10.1 Å². The van der Waals surface area contributed by atoms with Crippen LogP contribution in [0.5, 0.6) is 5.75 Å². The Morgan fingerprint density at radius 3 is 2.42 bits per heavy atom. The zero-order valence-electron chi connectivity index (χ0n) is 13.2. The molecule has 0 atom stereocenters. The number of carbonyl (C=O) groups is 1. The van der Waals surface area contributed by atoms with E-state index in [-0.39, 0.29) is 23.8 Å². The lowest BCUT2D eigenvalue weighted by molar-refractivity contribution is -0.274. The van der Waals surface area contributed by atoms with Gasteiger partial charge in [0.15, 0.2) is 0 Å². The topological polar surface area (TPSA) is 84.5 Å². The number of thiophene rings is 1. The first kappa shape index (κ1) is 20.2. The number of carbonyl (C=O) groups excluding carboxylic acids is 1. The van der Waals surface area contributed by atoms with E-state index in [1.807, 2.05) is 17.5 Å². The summed E-state index contributed by atoms with van der Waals surface area (Å²) in [6.07, 6.45) is -4.92. The molecule has 0 saturated carbocycles. The molecule has 1 heterocycles. The van der Waals surface area contributed by atoms with Gasteiger partial charge in [-0.15, -0.1) is 24.5 Å². The van der Waals surface area contributed by atoms with E-state index in [2.05, 4.69) is 14.8 Å². The van der Waals surface area contributed by atoms with Crippen molar-refractivity contribution in [1.29, 1.82) is 0 Å². The fourth-order valence-electron chi connectivity index (χ4n) is 1.89. The van der Waals surface area contributed by atoms with Crippen molar-refractivity contribution in [3.63, 3.8) is 0 Å². The summed E-state index contributed by atoms with van der Waals surface area (Å²) >= 11 is 1.49. The van der Waals surface area contributed by atoms with Gasteiger partial charge in [-0.25, -0.2) is 13.1 Å². The summed E-state index contributed by atoms with van der Waals surface area (Å²) < 4.78 is 66.2. The number of halogens is 3. The highest BCUT2D eigenvalue weighted by Crippen LogP contribution is 2.23. The minimum Gasteiger partial charge on any atom is -0.406 e. The molecule has 2 aromatic rings. The van der Waals surface area contributed by atoms with E-state index in [4.69, 9.17) is 0 Å². The lowest BCUT2D eigenvalue weighted by Crippen LogP contribution is -2.30. The molecule has 11 heteroatoms. The Morgan fingerprint density at radius 2 is 1.85 bits per heavy atom. The monoisotopic (exact) mass is 408 g/mol. The maximum Gasteiger partial charge on any atom is 0.573 e. The Kier molecular flexibility index (Phi) is 6.62. The smallest absolute Gasteiger partial charge is 0.406 e. The molecule has 1 aromatic heterocycles. The van der Waals surface area contributed by atoms with E-state index in [1.165, 1.54) is 11.3 Å². The van der Waals surface area contributed by atoms with Crippen molar-refractivity contribution in [2.75, 3.05) is 6.54 Å². The Labute approximate surface area is 152 Å². The first-order valence-electron chi connectivity index (χ1n) is 7.30. The van der Waals surface area contributed by atoms with Gasteiger partial charge in [0, 0.05) is 17.8 Å². The third kappa shape index (κ3) is 6.65. The minimum atomic E-state index is -4.85. The maximum atomic E-state index is 12.1. The highest BCUT2D eigenvalue weighted by atomic mass is 32.2. The second-order valence-corrected chi connectivity index (χ2v) is 7.82. The second-order valence-electron chi connectivity index (χ2n) is 5.02. The molecule has 26 heavy (non-hydrogen) atoms. The highest BCUT2D eigenvalue weighted by molar-refractivity contribution is 7.89. The van der Waals surface area contributed by atoms with Crippen molar-refractivity contribution >= 4 is 27.3 Å². The average molecular weight is 408 g/mol. The van der Waals surface area contributed by atoms with Gasteiger partial charge in [0.2, 0.25) is 15.9 Å². The molecule has 1 amide bonds. The van der Waals surface area contributed by atoms with E-state index < -0.39 is 22.1 Å². The summed E-state index contributed by atoms with van der Waals surface area (Å²) in [6.45, 7) is 0.226. The van der Waals surface area contributed by atoms with E-state index in [0.717, 1.165) is 29.1 Å². The maximum absolute atomic E-state index is 12.1. The van der Waals surface area contributed by atoms with Gasteiger partial charge in [-0.2, -0.15) is 0 Å². The Balaban J connectivity index is 1.81. The number of alkyl halides is 3. The SMILES string of the molecule is O=C(CCNS(=O)(=O)c1ccc(OC(F)(F)F)cc1)NCc1cccs1. The molecule has 0 saturated heterocycles. The van der Waals surface area contributed by atoms with Gasteiger partial charge in [0.05, 0.1) is 11.4 Å².